The van der Waals surface area contributed by atoms with Gasteiger partial charge in [0.1, 0.15) is 5.82 Å². The van der Waals surface area contributed by atoms with Crippen molar-refractivity contribution in [3.63, 3.8) is 0 Å². The van der Waals surface area contributed by atoms with Gasteiger partial charge >= 0.3 is 5.69 Å². The summed E-state index contributed by atoms with van der Waals surface area (Å²) in [5.41, 5.74) is 5.66. The van der Waals surface area contributed by atoms with Gasteiger partial charge in [-0.2, -0.15) is 0 Å². The van der Waals surface area contributed by atoms with E-state index in [-0.39, 0.29) is 23.8 Å². The summed E-state index contributed by atoms with van der Waals surface area (Å²) >= 11 is 0. The Morgan fingerprint density at radius 1 is 1.28 bits per heavy atom. The van der Waals surface area contributed by atoms with E-state index in [4.69, 9.17) is 5.73 Å². The van der Waals surface area contributed by atoms with Crippen molar-refractivity contribution in [2.24, 2.45) is 19.8 Å². The molecule has 2 rings (SSSR count). The smallest absolute Gasteiger partial charge is 0.328 e. The number of aromatic nitrogens is 4. The molecule has 2 heterocycles. The molecule has 0 aliphatic heterocycles. The van der Waals surface area contributed by atoms with Crippen molar-refractivity contribution in [3.8, 4) is 0 Å². The molecule has 0 saturated heterocycles. The lowest BCUT2D eigenvalue weighted by Gasteiger charge is -2.13. The second-order valence-electron chi connectivity index (χ2n) is 4.49. The zero-order valence-electron chi connectivity index (χ0n) is 11.0. The van der Waals surface area contributed by atoms with E-state index in [9.17, 15) is 9.59 Å². The maximum absolute atomic E-state index is 12.4. The Labute approximate surface area is 103 Å². The second kappa shape index (κ2) is 4.09. The minimum atomic E-state index is -0.386. The molecular weight excluding hydrogens is 234 g/mol. The fourth-order valence-electron chi connectivity index (χ4n) is 2.01. The molecule has 18 heavy (non-hydrogen) atoms. The predicted octanol–water partition coefficient (Wildman–Crippen LogP) is -0.738. The fraction of sp³-hybridized carbons (Fsp3) is 0.545. The van der Waals surface area contributed by atoms with Crippen LogP contribution >= 0.6 is 0 Å². The lowest BCUT2D eigenvalue weighted by molar-refractivity contribution is 0.501. The van der Waals surface area contributed by atoms with Crippen molar-refractivity contribution in [3.05, 3.63) is 26.7 Å². The van der Waals surface area contributed by atoms with Gasteiger partial charge in [0.15, 0.2) is 11.2 Å². The highest BCUT2D eigenvalue weighted by atomic mass is 16.2. The van der Waals surface area contributed by atoms with Crippen LogP contribution < -0.4 is 17.0 Å². The summed E-state index contributed by atoms with van der Waals surface area (Å²) in [5.74, 6) is 0.690. The highest BCUT2D eigenvalue weighted by molar-refractivity contribution is 5.70. The number of nitrogens with zero attached hydrogens (tertiary/aromatic N) is 4. The highest BCUT2D eigenvalue weighted by Crippen LogP contribution is 2.08. The van der Waals surface area contributed by atoms with Crippen molar-refractivity contribution >= 4 is 11.2 Å². The van der Waals surface area contributed by atoms with E-state index in [0.717, 1.165) is 0 Å². The van der Waals surface area contributed by atoms with Crippen LogP contribution in [0.2, 0.25) is 0 Å². The quantitative estimate of drug-likeness (QED) is 0.761. The number of fused-ring (bicyclic) bond motifs is 1. The van der Waals surface area contributed by atoms with Crippen LogP contribution in [0.5, 0.6) is 0 Å². The molecule has 2 aromatic rings. The molecule has 0 aromatic carbocycles. The summed E-state index contributed by atoms with van der Waals surface area (Å²) in [6.07, 6.45) is 0. The number of hydrogen-bond acceptors (Lipinski definition) is 4. The van der Waals surface area contributed by atoms with Gasteiger partial charge in [0.2, 0.25) is 0 Å². The molecule has 98 valence electrons. The minimum Gasteiger partial charge on any atom is -0.328 e. The van der Waals surface area contributed by atoms with Gasteiger partial charge < -0.3 is 10.3 Å². The summed E-state index contributed by atoms with van der Waals surface area (Å²) in [4.78, 5) is 28.8. The molecule has 0 aliphatic rings. The first-order valence-electron chi connectivity index (χ1n) is 5.74. The van der Waals surface area contributed by atoms with E-state index >= 15 is 0 Å². The topological polar surface area (TPSA) is 87.8 Å². The van der Waals surface area contributed by atoms with E-state index in [1.807, 2.05) is 0 Å². The Balaban J connectivity index is 3.04. The van der Waals surface area contributed by atoms with Gasteiger partial charge in [-0.25, -0.2) is 9.78 Å². The Hall–Kier alpha value is -1.89. The molecule has 0 amide bonds. The normalized spacial score (nSPS) is 13.2. The minimum absolute atomic E-state index is 0.234. The molecule has 2 aromatic heterocycles. The van der Waals surface area contributed by atoms with Gasteiger partial charge in [0, 0.05) is 20.6 Å². The largest absolute Gasteiger partial charge is 0.332 e. The van der Waals surface area contributed by atoms with Crippen LogP contribution in [-0.4, -0.2) is 25.2 Å². The lowest BCUT2D eigenvalue weighted by atomic mass is 10.3. The SMILES string of the molecule is Cc1nc2c(c(=O)n(C(C)CN)c(=O)n2C)n1C. The van der Waals surface area contributed by atoms with Crippen LogP contribution in [0, 0.1) is 6.92 Å². The Bertz CT molecular complexity index is 722. The predicted molar refractivity (Wildman–Crippen MR) is 68.7 cm³/mol. The first-order valence-corrected chi connectivity index (χ1v) is 5.74. The molecular formula is C11H17N5O2. The molecule has 0 bridgehead atoms. The third-order valence-corrected chi connectivity index (χ3v) is 3.31. The summed E-state index contributed by atoms with van der Waals surface area (Å²) in [6.45, 7) is 3.77. The summed E-state index contributed by atoms with van der Waals surface area (Å²) in [6, 6.07) is -0.337. The summed E-state index contributed by atoms with van der Waals surface area (Å²) in [7, 11) is 3.37. The molecule has 7 nitrogen and oxygen atoms in total. The van der Waals surface area contributed by atoms with Crippen LogP contribution in [0.4, 0.5) is 0 Å². The number of rotatable bonds is 2. The van der Waals surface area contributed by atoms with Crippen LogP contribution in [0.25, 0.3) is 11.2 Å². The third kappa shape index (κ3) is 1.51. The van der Waals surface area contributed by atoms with Crippen molar-refractivity contribution < 1.29 is 0 Å². The standard InChI is InChI=1S/C11H17N5O2/c1-6(5-12)16-10(17)8-9(15(4)11(16)18)13-7(2)14(8)3/h6H,5,12H2,1-4H3. The van der Waals surface area contributed by atoms with E-state index in [2.05, 4.69) is 4.98 Å². The van der Waals surface area contributed by atoms with Crippen molar-refractivity contribution in [2.45, 2.75) is 19.9 Å². The first kappa shape index (κ1) is 12.6. The van der Waals surface area contributed by atoms with Gasteiger partial charge in [-0.3, -0.25) is 13.9 Å². The number of imidazole rings is 1. The van der Waals surface area contributed by atoms with E-state index in [0.29, 0.717) is 17.0 Å². The average Bonchev–Trinajstić information content (AvgIpc) is 2.63. The first-order chi connectivity index (χ1) is 8.40. The number of hydrogen-bond donors (Lipinski definition) is 1. The van der Waals surface area contributed by atoms with Gasteiger partial charge in [0.25, 0.3) is 5.56 Å². The number of aryl methyl sites for hydroxylation is 3. The average molecular weight is 251 g/mol. The van der Waals surface area contributed by atoms with Crippen LogP contribution in [0.15, 0.2) is 9.59 Å². The van der Waals surface area contributed by atoms with Crippen LogP contribution in [0.3, 0.4) is 0 Å². The van der Waals surface area contributed by atoms with Crippen molar-refractivity contribution in [1.82, 2.24) is 18.7 Å². The fourth-order valence-corrected chi connectivity index (χ4v) is 2.01. The molecule has 0 spiro atoms. The Morgan fingerprint density at radius 2 is 1.89 bits per heavy atom. The molecule has 1 atom stereocenters. The third-order valence-electron chi connectivity index (χ3n) is 3.31. The summed E-state index contributed by atoms with van der Waals surface area (Å²) in [5, 5.41) is 0. The van der Waals surface area contributed by atoms with Crippen molar-refractivity contribution in [2.75, 3.05) is 6.54 Å². The highest BCUT2D eigenvalue weighted by Gasteiger charge is 2.19. The second-order valence-corrected chi connectivity index (χ2v) is 4.49. The van der Waals surface area contributed by atoms with Crippen LogP contribution in [0.1, 0.15) is 18.8 Å². The van der Waals surface area contributed by atoms with Gasteiger partial charge in [0.05, 0.1) is 6.04 Å². The zero-order valence-corrected chi connectivity index (χ0v) is 11.0. The van der Waals surface area contributed by atoms with E-state index in [1.54, 1.807) is 32.5 Å². The maximum Gasteiger partial charge on any atom is 0.332 e. The number of nitrogens with two attached hydrogens (primary N) is 1. The Kier molecular flexibility index (Phi) is 2.86. The zero-order chi connectivity index (χ0) is 13.6. The van der Waals surface area contributed by atoms with E-state index in [1.165, 1.54) is 9.13 Å². The molecule has 0 saturated carbocycles. The molecule has 2 N–H and O–H groups in total. The summed E-state index contributed by atoms with van der Waals surface area (Å²) < 4.78 is 4.26. The maximum atomic E-state index is 12.4. The van der Waals surface area contributed by atoms with Crippen molar-refractivity contribution in [1.29, 1.82) is 0 Å². The van der Waals surface area contributed by atoms with E-state index < -0.39 is 0 Å². The molecule has 1 unspecified atom stereocenters. The monoisotopic (exact) mass is 251 g/mol. The molecule has 0 radical (unpaired) electrons. The van der Waals surface area contributed by atoms with Gasteiger partial charge in [-0.15, -0.1) is 0 Å². The van der Waals surface area contributed by atoms with Gasteiger partial charge in [-0.1, -0.05) is 0 Å². The molecule has 7 heteroatoms. The molecule has 0 fully saturated rings. The lowest BCUT2D eigenvalue weighted by Crippen LogP contribution is -2.43. The van der Waals surface area contributed by atoms with Gasteiger partial charge in [-0.05, 0) is 13.8 Å². The van der Waals surface area contributed by atoms with Crippen LogP contribution in [-0.2, 0) is 14.1 Å². The Morgan fingerprint density at radius 3 is 2.44 bits per heavy atom. The molecule has 0 aliphatic carbocycles.